The van der Waals surface area contributed by atoms with Crippen molar-refractivity contribution in [3.8, 4) is 22.3 Å². The molecule has 39 heavy (non-hydrogen) atoms. The molecule has 0 radical (unpaired) electrons. The predicted molar refractivity (Wildman–Crippen MR) is 161 cm³/mol. The Balaban J connectivity index is 1.38. The van der Waals surface area contributed by atoms with E-state index in [0.29, 0.717) is 0 Å². The van der Waals surface area contributed by atoms with Gasteiger partial charge in [-0.25, -0.2) is 0 Å². The third-order valence-electron chi connectivity index (χ3n) is 9.45. The zero-order valence-corrected chi connectivity index (χ0v) is 21.9. The minimum Gasteiger partial charge on any atom is -0.342 e. The average Bonchev–Trinajstić information content (AvgIpc) is 3.48. The van der Waals surface area contributed by atoms with E-state index in [0.717, 1.165) is 45.0 Å². The first-order chi connectivity index (χ1) is 19.4. The fraction of sp³-hybridized carbons (Fsp3) is 0.194. The summed E-state index contributed by atoms with van der Waals surface area (Å²) < 4.78 is 0. The maximum atomic E-state index is 5.01. The quantitative estimate of drug-likeness (QED) is 0.232. The Kier molecular flexibility index (Phi) is 4.33. The fourth-order valence-electron chi connectivity index (χ4n) is 7.94. The normalized spacial score (nSPS) is 17.9. The van der Waals surface area contributed by atoms with E-state index >= 15 is 0 Å². The summed E-state index contributed by atoms with van der Waals surface area (Å²) in [7, 11) is 0. The van der Waals surface area contributed by atoms with Crippen LogP contribution in [-0.4, -0.2) is 37.0 Å². The Labute approximate surface area is 229 Å². The van der Waals surface area contributed by atoms with Gasteiger partial charge >= 0.3 is 0 Å². The van der Waals surface area contributed by atoms with Crippen LogP contribution in [0.4, 0.5) is 5.69 Å². The summed E-state index contributed by atoms with van der Waals surface area (Å²) in [5, 5.41) is 2.63. The Morgan fingerprint density at radius 2 is 1.33 bits per heavy atom. The van der Waals surface area contributed by atoms with Crippen molar-refractivity contribution >= 4 is 22.4 Å². The van der Waals surface area contributed by atoms with E-state index < -0.39 is 0 Å². The predicted octanol–water partition coefficient (Wildman–Crippen LogP) is 7.46. The van der Waals surface area contributed by atoms with Crippen LogP contribution < -0.4 is 4.90 Å². The maximum absolute atomic E-state index is 5.01. The standard InChI is InChI=1S/C36H29N3/c1-2-10-26-24(9-1)15-18-32-34(26)29-17-16-25(39-22-8-21-38-20-7-19-37-35(38)39)23-33(29)36(32)30-13-5-3-11-27(30)28-12-4-6-14-31(28)36/h1-6,9-18,23H,7-8,19-22H2. The van der Waals surface area contributed by atoms with Gasteiger partial charge in [-0.3, -0.25) is 4.99 Å². The number of hydrogen-bond donors (Lipinski definition) is 0. The largest absolute Gasteiger partial charge is 0.342 e. The smallest absolute Gasteiger partial charge is 0.201 e. The van der Waals surface area contributed by atoms with E-state index in [-0.39, 0.29) is 5.41 Å². The lowest BCUT2D eigenvalue weighted by Gasteiger charge is -2.41. The number of rotatable bonds is 1. The van der Waals surface area contributed by atoms with E-state index in [4.69, 9.17) is 4.99 Å². The molecule has 2 aliphatic carbocycles. The summed E-state index contributed by atoms with van der Waals surface area (Å²) in [5.74, 6) is 1.16. The monoisotopic (exact) mass is 503 g/mol. The number of hydrogen-bond acceptors (Lipinski definition) is 3. The van der Waals surface area contributed by atoms with Crippen LogP contribution in [0.3, 0.4) is 0 Å². The second-order valence-electron chi connectivity index (χ2n) is 11.3. The van der Waals surface area contributed by atoms with E-state index in [9.17, 15) is 0 Å². The summed E-state index contributed by atoms with van der Waals surface area (Å²) in [6.07, 6.45) is 2.32. The highest BCUT2D eigenvalue weighted by Crippen LogP contribution is 2.64. The molecule has 0 bridgehead atoms. The van der Waals surface area contributed by atoms with Crippen LogP contribution in [0.2, 0.25) is 0 Å². The molecular weight excluding hydrogens is 474 g/mol. The molecule has 4 aliphatic rings. The lowest BCUT2D eigenvalue weighted by molar-refractivity contribution is 0.360. The highest BCUT2D eigenvalue weighted by atomic mass is 15.4. The van der Waals surface area contributed by atoms with Crippen molar-refractivity contribution in [3.63, 3.8) is 0 Å². The molecule has 1 saturated heterocycles. The Hall–Kier alpha value is -4.37. The molecular formula is C36H29N3. The molecule has 0 N–H and O–H groups in total. The molecule has 188 valence electrons. The van der Waals surface area contributed by atoms with Crippen molar-refractivity contribution in [1.29, 1.82) is 0 Å². The van der Waals surface area contributed by atoms with Gasteiger partial charge in [0.05, 0.1) is 5.41 Å². The van der Waals surface area contributed by atoms with Crippen LogP contribution in [0.25, 0.3) is 33.0 Å². The van der Waals surface area contributed by atoms with Crippen molar-refractivity contribution in [2.24, 2.45) is 4.99 Å². The van der Waals surface area contributed by atoms with Gasteiger partial charge in [0.15, 0.2) is 0 Å². The molecule has 0 atom stereocenters. The first kappa shape index (κ1) is 21.6. The van der Waals surface area contributed by atoms with Crippen LogP contribution in [-0.2, 0) is 5.41 Å². The van der Waals surface area contributed by atoms with Crippen molar-refractivity contribution in [2.75, 3.05) is 31.1 Å². The molecule has 3 heteroatoms. The molecule has 5 aromatic rings. The summed E-state index contributed by atoms with van der Waals surface area (Å²) in [6, 6.07) is 39.0. The van der Waals surface area contributed by atoms with Gasteiger partial charge in [0, 0.05) is 31.9 Å². The Bertz CT molecular complexity index is 1800. The third-order valence-corrected chi connectivity index (χ3v) is 9.45. The molecule has 3 nitrogen and oxygen atoms in total. The van der Waals surface area contributed by atoms with E-state index in [1.165, 1.54) is 61.0 Å². The van der Waals surface area contributed by atoms with Crippen molar-refractivity contribution in [1.82, 2.24) is 4.90 Å². The minimum atomic E-state index is -0.332. The number of benzene rings is 5. The highest BCUT2D eigenvalue weighted by Gasteiger charge is 2.52. The lowest BCUT2D eigenvalue weighted by Crippen LogP contribution is -2.52. The van der Waals surface area contributed by atoms with Gasteiger partial charge in [0.2, 0.25) is 5.96 Å². The zero-order valence-electron chi connectivity index (χ0n) is 21.9. The van der Waals surface area contributed by atoms with E-state index in [2.05, 4.69) is 113 Å². The molecule has 0 aromatic heterocycles. The van der Waals surface area contributed by atoms with Crippen LogP contribution in [0.1, 0.15) is 35.1 Å². The first-order valence-corrected chi connectivity index (χ1v) is 14.3. The van der Waals surface area contributed by atoms with Gasteiger partial charge in [-0.05, 0) is 80.3 Å². The number of nitrogens with zero attached hydrogens (tertiary/aromatic N) is 3. The van der Waals surface area contributed by atoms with Gasteiger partial charge in [0.1, 0.15) is 0 Å². The van der Waals surface area contributed by atoms with Gasteiger partial charge in [-0.1, -0.05) is 91.0 Å². The van der Waals surface area contributed by atoms with E-state index in [1.54, 1.807) is 0 Å². The maximum Gasteiger partial charge on any atom is 0.201 e. The van der Waals surface area contributed by atoms with Crippen LogP contribution >= 0.6 is 0 Å². The van der Waals surface area contributed by atoms with Crippen LogP contribution in [0.15, 0.2) is 108 Å². The Morgan fingerprint density at radius 3 is 2.18 bits per heavy atom. The second kappa shape index (κ2) is 7.83. The van der Waals surface area contributed by atoms with Crippen LogP contribution in [0, 0.1) is 0 Å². The number of anilines is 1. The molecule has 2 aliphatic heterocycles. The molecule has 9 rings (SSSR count). The topological polar surface area (TPSA) is 18.8 Å². The molecule has 0 saturated carbocycles. The van der Waals surface area contributed by atoms with Gasteiger partial charge in [0.25, 0.3) is 0 Å². The number of aliphatic imine (C=N–C) groups is 1. The van der Waals surface area contributed by atoms with Crippen molar-refractivity contribution < 1.29 is 0 Å². The SMILES string of the molecule is c1ccc2c(c1)-c1ccccc1C21c2cc(N3CCCN4CCCN=C43)ccc2-c2c1ccc1ccccc21. The molecule has 1 spiro atoms. The number of guanidine groups is 1. The van der Waals surface area contributed by atoms with Crippen LogP contribution in [0.5, 0.6) is 0 Å². The molecule has 2 heterocycles. The summed E-state index contributed by atoms with van der Waals surface area (Å²) in [4.78, 5) is 9.97. The Morgan fingerprint density at radius 1 is 0.590 bits per heavy atom. The second-order valence-corrected chi connectivity index (χ2v) is 11.3. The van der Waals surface area contributed by atoms with Crippen molar-refractivity contribution in [3.05, 3.63) is 125 Å². The minimum absolute atomic E-state index is 0.332. The molecule has 0 amide bonds. The summed E-state index contributed by atoms with van der Waals surface area (Å²) >= 11 is 0. The fourth-order valence-corrected chi connectivity index (χ4v) is 7.94. The van der Waals surface area contributed by atoms with E-state index in [1.807, 2.05) is 0 Å². The molecule has 0 unspecified atom stereocenters. The first-order valence-electron chi connectivity index (χ1n) is 14.3. The number of fused-ring (bicyclic) bond motifs is 13. The zero-order chi connectivity index (χ0) is 25.6. The lowest BCUT2D eigenvalue weighted by atomic mass is 9.70. The summed E-state index contributed by atoms with van der Waals surface area (Å²) in [5.41, 5.74) is 12.0. The van der Waals surface area contributed by atoms with Gasteiger partial charge < -0.3 is 9.80 Å². The third kappa shape index (κ3) is 2.70. The average molecular weight is 504 g/mol. The summed E-state index contributed by atoms with van der Waals surface area (Å²) in [6.45, 7) is 4.17. The highest BCUT2D eigenvalue weighted by molar-refractivity contribution is 6.07. The molecule has 5 aromatic carbocycles. The van der Waals surface area contributed by atoms with Crippen molar-refractivity contribution in [2.45, 2.75) is 18.3 Å². The van der Waals surface area contributed by atoms with Gasteiger partial charge in [-0.2, -0.15) is 0 Å². The van der Waals surface area contributed by atoms with Gasteiger partial charge in [-0.15, -0.1) is 0 Å². The molecule has 1 fully saturated rings.